The molecule has 3 aliphatic heterocycles. The molecule has 2 aromatic rings. The van der Waals surface area contributed by atoms with Gasteiger partial charge in [0.2, 0.25) is 0 Å². The highest BCUT2D eigenvalue weighted by Crippen LogP contribution is 2.31. The van der Waals surface area contributed by atoms with Crippen LogP contribution in [0.1, 0.15) is 35.4 Å². The van der Waals surface area contributed by atoms with E-state index in [1.54, 1.807) is 4.90 Å². The van der Waals surface area contributed by atoms with Crippen molar-refractivity contribution in [2.75, 3.05) is 32.8 Å². The Kier molecular flexibility index (Phi) is 5.25. The van der Waals surface area contributed by atoms with Crippen LogP contribution in [0, 0.1) is 0 Å². The number of benzene rings is 1. The van der Waals surface area contributed by atoms with Gasteiger partial charge in [0.25, 0.3) is 11.8 Å². The number of ether oxygens (including phenoxy) is 1. The fraction of sp³-hybridized carbons (Fsp3) is 0.500. The van der Waals surface area contributed by atoms with Gasteiger partial charge in [-0.05, 0) is 25.0 Å². The van der Waals surface area contributed by atoms with Crippen LogP contribution in [0.5, 0.6) is 0 Å². The highest BCUT2D eigenvalue weighted by Gasteiger charge is 2.33. The van der Waals surface area contributed by atoms with Crippen molar-refractivity contribution in [2.45, 2.75) is 38.3 Å². The van der Waals surface area contributed by atoms with Crippen molar-refractivity contribution in [3.8, 4) is 11.3 Å². The summed E-state index contributed by atoms with van der Waals surface area (Å²) in [5, 5.41) is 0.681. The molecule has 1 atom stereocenters. The van der Waals surface area contributed by atoms with Crippen LogP contribution in [-0.2, 0) is 22.5 Å². The fourth-order valence-corrected chi connectivity index (χ4v) is 4.68. The highest BCUT2D eigenvalue weighted by atomic mass is 35.5. The van der Waals surface area contributed by atoms with Crippen LogP contribution in [0.15, 0.2) is 24.3 Å². The zero-order valence-electron chi connectivity index (χ0n) is 16.8. The van der Waals surface area contributed by atoms with E-state index in [2.05, 4.69) is 4.57 Å². The Bertz CT molecular complexity index is 960. The molecule has 0 N–H and O–H groups in total. The third-order valence-electron chi connectivity index (χ3n) is 6.28. The Hall–Kier alpha value is -2.38. The van der Waals surface area contributed by atoms with Gasteiger partial charge in [-0.3, -0.25) is 9.59 Å². The Labute approximate surface area is 180 Å². The van der Waals surface area contributed by atoms with Gasteiger partial charge in [0.15, 0.2) is 0 Å². The summed E-state index contributed by atoms with van der Waals surface area (Å²) in [6, 6.07) is 7.51. The molecule has 2 fully saturated rings. The summed E-state index contributed by atoms with van der Waals surface area (Å²) in [7, 11) is 0. The summed E-state index contributed by atoms with van der Waals surface area (Å²) in [5.74, 6) is 1.09. The normalized spacial score (nSPS) is 21.2. The van der Waals surface area contributed by atoms with Crippen molar-refractivity contribution in [3.63, 3.8) is 0 Å². The van der Waals surface area contributed by atoms with Crippen LogP contribution in [0.4, 0.5) is 0 Å². The molecule has 0 spiro atoms. The molecule has 158 valence electrons. The minimum absolute atomic E-state index is 0.0104. The molecule has 0 saturated carbocycles. The Morgan fingerprint density at radius 2 is 1.70 bits per heavy atom. The van der Waals surface area contributed by atoms with E-state index in [0.29, 0.717) is 43.5 Å². The van der Waals surface area contributed by atoms with Gasteiger partial charge in [0, 0.05) is 56.7 Å². The van der Waals surface area contributed by atoms with Crippen LogP contribution in [-0.4, -0.2) is 70.1 Å². The maximum absolute atomic E-state index is 12.9. The maximum Gasteiger partial charge on any atom is 0.253 e. The molecule has 2 saturated heterocycles. The third-order valence-corrected chi connectivity index (χ3v) is 6.66. The van der Waals surface area contributed by atoms with Crippen LogP contribution >= 0.6 is 11.6 Å². The van der Waals surface area contributed by atoms with E-state index in [4.69, 9.17) is 21.3 Å². The summed E-state index contributed by atoms with van der Waals surface area (Å²) in [6.45, 7) is 3.77. The first-order chi connectivity index (χ1) is 14.6. The molecular formula is C22H25ClN4O3. The highest BCUT2D eigenvalue weighted by molar-refractivity contribution is 6.32. The van der Waals surface area contributed by atoms with Gasteiger partial charge in [-0.15, -0.1) is 0 Å². The van der Waals surface area contributed by atoms with Gasteiger partial charge in [-0.1, -0.05) is 23.7 Å². The molecule has 0 bridgehead atoms. The molecule has 30 heavy (non-hydrogen) atoms. The van der Waals surface area contributed by atoms with E-state index in [-0.39, 0.29) is 17.9 Å². The largest absolute Gasteiger partial charge is 0.368 e. The second kappa shape index (κ2) is 8.04. The maximum atomic E-state index is 12.9. The summed E-state index contributed by atoms with van der Waals surface area (Å²) >= 11 is 6.56. The number of carbonyl (C=O) groups excluding carboxylic acids is 2. The predicted octanol–water partition coefficient (Wildman–Crippen LogP) is 2.61. The average molecular weight is 429 g/mol. The third kappa shape index (κ3) is 3.50. The summed E-state index contributed by atoms with van der Waals surface area (Å²) in [4.78, 5) is 33.5. The number of imidazole rings is 1. The molecule has 3 aliphatic rings. The lowest BCUT2D eigenvalue weighted by Gasteiger charge is -2.38. The van der Waals surface area contributed by atoms with E-state index in [1.165, 1.54) is 0 Å². The number of amides is 2. The number of hydrogen-bond donors (Lipinski definition) is 0. The lowest BCUT2D eigenvalue weighted by molar-refractivity contribution is -0.157. The molecule has 2 amide bonds. The molecule has 0 radical (unpaired) electrons. The first-order valence-corrected chi connectivity index (χ1v) is 11.0. The number of piperazine rings is 1. The topological polar surface area (TPSA) is 67.7 Å². The molecule has 1 aromatic carbocycles. The molecule has 1 aromatic heterocycles. The molecule has 4 heterocycles. The average Bonchev–Trinajstić information content (AvgIpc) is 3.09. The van der Waals surface area contributed by atoms with Crippen molar-refractivity contribution in [2.24, 2.45) is 0 Å². The number of carbonyl (C=O) groups is 2. The summed E-state index contributed by atoms with van der Waals surface area (Å²) < 4.78 is 7.38. The smallest absolute Gasteiger partial charge is 0.253 e. The minimum atomic E-state index is -0.278. The molecule has 8 heteroatoms. The van der Waals surface area contributed by atoms with Crippen molar-refractivity contribution in [1.29, 1.82) is 0 Å². The Morgan fingerprint density at radius 3 is 2.33 bits per heavy atom. The second-order valence-corrected chi connectivity index (χ2v) is 8.48. The monoisotopic (exact) mass is 428 g/mol. The summed E-state index contributed by atoms with van der Waals surface area (Å²) in [5.41, 5.74) is 2.35. The first kappa shape index (κ1) is 19.6. The van der Waals surface area contributed by atoms with Crippen molar-refractivity contribution >= 4 is 23.4 Å². The number of rotatable bonds is 3. The predicted molar refractivity (Wildman–Crippen MR) is 112 cm³/mol. The van der Waals surface area contributed by atoms with Gasteiger partial charge in [0.05, 0.1) is 6.61 Å². The standard InChI is InChI=1S/C22H25ClN4O3/c23-20-19(24-18-3-1-2-9-27(18)20)15-4-6-16(7-5-15)21(28)25-10-12-26(13-11-25)22(29)17-8-14-30-17/h4-7,17H,1-3,8-14H2. The van der Waals surface area contributed by atoms with E-state index >= 15 is 0 Å². The van der Waals surface area contributed by atoms with E-state index in [9.17, 15) is 9.59 Å². The molecule has 5 rings (SSSR count). The van der Waals surface area contributed by atoms with Crippen LogP contribution in [0.25, 0.3) is 11.3 Å². The number of hydrogen-bond acceptors (Lipinski definition) is 4. The zero-order valence-corrected chi connectivity index (χ0v) is 17.6. The lowest BCUT2D eigenvalue weighted by atomic mass is 10.1. The Balaban J connectivity index is 1.24. The lowest BCUT2D eigenvalue weighted by Crippen LogP contribution is -2.54. The Morgan fingerprint density at radius 1 is 1.00 bits per heavy atom. The number of halogens is 1. The molecule has 1 unspecified atom stereocenters. The zero-order chi connectivity index (χ0) is 20.7. The van der Waals surface area contributed by atoms with Crippen LogP contribution in [0.2, 0.25) is 5.15 Å². The van der Waals surface area contributed by atoms with Gasteiger partial charge in [-0.2, -0.15) is 0 Å². The van der Waals surface area contributed by atoms with E-state index in [1.807, 2.05) is 29.2 Å². The molecule has 7 nitrogen and oxygen atoms in total. The van der Waals surface area contributed by atoms with E-state index < -0.39 is 0 Å². The second-order valence-electron chi connectivity index (χ2n) is 8.12. The minimum Gasteiger partial charge on any atom is -0.368 e. The fourth-order valence-electron chi connectivity index (χ4n) is 4.35. The first-order valence-electron chi connectivity index (χ1n) is 10.7. The quantitative estimate of drug-likeness (QED) is 0.753. The van der Waals surface area contributed by atoms with E-state index in [0.717, 1.165) is 49.3 Å². The van der Waals surface area contributed by atoms with Gasteiger partial charge >= 0.3 is 0 Å². The number of aryl methyl sites for hydroxylation is 1. The van der Waals surface area contributed by atoms with Gasteiger partial charge in [0.1, 0.15) is 22.8 Å². The number of nitrogens with zero attached hydrogens (tertiary/aromatic N) is 4. The number of fused-ring (bicyclic) bond motifs is 1. The van der Waals surface area contributed by atoms with Crippen molar-refractivity contribution < 1.29 is 14.3 Å². The summed E-state index contributed by atoms with van der Waals surface area (Å²) in [6.07, 6.45) is 3.75. The molecular weight excluding hydrogens is 404 g/mol. The van der Waals surface area contributed by atoms with Gasteiger partial charge < -0.3 is 19.1 Å². The SMILES string of the molecule is O=C(c1ccc(-c2nc3n(c2Cl)CCCC3)cc1)N1CCN(C(=O)C2CCO2)CC1. The van der Waals surface area contributed by atoms with Crippen molar-refractivity contribution in [1.82, 2.24) is 19.4 Å². The van der Waals surface area contributed by atoms with Crippen LogP contribution < -0.4 is 0 Å². The number of aromatic nitrogens is 2. The van der Waals surface area contributed by atoms with Crippen molar-refractivity contribution in [3.05, 3.63) is 40.8 Å². The van der Waals surface area contributed by atoms with Crippen LogP contribution in [0.3, 0.4) is 0 Å². The molecule has 0 aliphatic carbocycles. The van der Waals surface area contributed by atoms with Gasteiger partial charge in [-0.25, -0.2) is 4.98 Å².